The van der Waals surface area contributed by atoms with E-state index in [9.17, 15) is 19.5 Å². The smallest absolute Gasteiger partial charge is 0.417 e. The van der Waals surface area contributed by atoms with Gasteiger partial charge in [0.25, 0.3) is 0 Å². The van der Waals surface area contributed by atoms with Crippen LogP contribution >= 0.6 is 0 Å². The summed E-state index contributed by atoms with van der Waals surface area (Å²) in [6.45, 7) is 4.23. The predicted octanol–water partition coefficient (Wildman–Crippen LogP) is 2.97. The molecule has 150 valence electrons. The van der Waals surface area contributed by atoms with Crippen molar-refractivity contribution in [2.24, 2.45) is 5.73 Å². The third kappa shape index (κ3) is 8.21. The summed E-state index contributed by atoms with van der Waals surface area (Å²) in [4.78, 5) is 38.0. The lowest BCUT2D eigenvalue weighted by atomic mass is 10.0. The van der Waals surface area contributed by atoms with E-state index in [1.165, 1.54) is 0 Å². The van der Waals surface area contributed by atoms with Crippen molar-refractivity contribution in [1.29, 1.82) is 0 Å². The van der Waals surface area contributed by atoms with Gasteiger partial charge in [-0.25, -0.2) is 14.5 Å². The Hall–Kier alpha value is -2.41. The lowest BCUT2D eigenvalue weighted by Crippen LogP contribution is -2.51. The fourth-order valence-electron chi connectivity index (χ4n) is 2.50. The number of imide groups is 1. The highest BCUT2D eigenvalue weighted by atomic mass is 16.6. The molecule has 1 rings (SSSR count). The second kappa shape index (κ2) is 10.7. The number of carbonyl (C=O) groups is 3. The molecular weight excluding hydrogens is 348 g/mol. The number of carboxylic acid groups (broad SMARTS) is 1. The largest absolute Gasteiger partial charge is 0.480 e. The molecule has 0 bridgehead atoms. The molecule has 0 saturated heterocycles. The normalized spacial score (nSPS) is 14.0. The highest BCUT2D eigenvalue weighted by Crippen LogP contribution is 2.18. The van der Waals surface area contributed by atoms with Gasteiger partial charge in [0, 0.05) is 14.2 Å². The molecule has 7 nitrogen and oxygen atoms in total. The predicted molar refractivity (Wildman–Crippen MR) is 102 cm³/mol. The minimum atomic E-state index is -1.37. The molecule has 0 spiro atoms. The number of nitrogens with two attached hydrogens (primary N) is 1. The number of hydrogen-bond donors (Lipinski definition) is 2. The molecule has 1 aromatic carbocycles. The van der Waals surface area contributed by atoms with Crippen LogP contribution in [0.4, 0.5) is 4.79 Å². The van der Waals surface area contributed by atoms with E-state index in [-0.39, 0.29) is 12.8 Å². The van der Waals surface area contributed by atoms with Crippen LogP contribution in [-0.2, 0) is 20.7 Å². The van der Waals surface area contributed by atoms with Crippen LogP contribution < -0.4 is 5.73 Å². The van der Waals surface area contributed by atoms with Crippen LogP contribution in [0.25, 0.3) is 0 Å². The van der Waals surface area contributed by atoms with Gasteiger partial charge in [-0.15, -0.1) is 0 Å². The van der Waals surface area contributed by atoms with Crippen molar-refractivity contribution < 1.29 is 25.6 Å². The lowest BCUT2D eigenvalue weighted by Gasteiger charge is -2.30. The van der Waals surface area contributed by atoms with Crippen LogP contribution in [0.1, 0.15) is 53.4 Å². The number of nitrogens with zero attached hydrogens (tertiary/aromatic N) is 1. The quantitative estimate of drug-likeness (QED) is 0.638. The Kier molecular flexibility index (Phi) is 8.26. The maximum absolute atomic E-state index is 12.7. The number of unbranched alkanes of at least 4 members (excludes halogenated alkanes) is 1. The zero-order valence-electron chi connectivity index (χ0n) is 17.2. The van der Waals surface area contributed by atoms with Crippen molar-refractivity contribution >= 4 is 18.0 Å². The average molecular weight is 379 g/mol. The molecule has 0 aliphatic heterocycles. The summed E-state index contributed by atoms with van der Waals surface area (Å²) in [6, 6.07) is 7.43. The fourth-order valence-corrected chi connectivity index (χ4v) is 2.50. The number of carboxylic acids is 1. The molecule has 1 unspecified atom stereocenters. The van der Waals surface area contributed by atoms with Crippen molar-refractivity contribution in [3.8, 4) is 0 Å². The summed E-state index contributed by atoms with van der Waals surface area (Å²) in [5.41, 5.74) is 5.20. The summed E-state index contributed by atoms with van der Waals surface area (Å²) >= 11 is 0. The Labute approximate surface area is 161 Å². The summed E-state index contributed by atoms with van der Waals surface area (Å²) in [6.07, 6.45) is 0.352. The first-order valence-electron chi connectivity index (χ1n) is 9.58. The Morgan fingerprint density at radius 3 is 2.33 bits per heavy atom. The number of amides is 2. The van der Waals surface area contributed by atoms with Crippen molar-refractivity contribution in [2.75, 3.05) is 6.52 Å². The maximum Gasteiger partial charge on any atom is 0.417 e. The molecule has 1 aromatic rings. The standard InChI is InChI=1S/C20H30N2O5/c1-20(2,3)27-19(26)22(17(23)12-8-5-9-13-21)16(18(24)25)14-15-10-6-4-7-11-15/h4,6-7,10-11,16H,5,8-9,12-14,21H2,1-3H3,(H,24,25)/t16-/m0/s1/i13D/t13?,16-. The monoisotopic (exact) mass is 379 g/mol. The molecule has 0 aliphatic rings. The van der Waals surface area contributed by atoms with Gasteiger partial charge in [0.1, 0.15) is 11.6 Å². The number of rotatable bonds is 9. The first-order chi connectivity index (χ1) is 13.0. The van der Waals surface area contributed by atoms with Crippen LogP contribution in [0.5, 0.6) is 0 Å². The van der Waals surface area contributed by atoms with Crippen LogP contribution in [0, 0.1) is 0 Å². The van der Waals surface area contributed by atoms with E-state index >= 15 is 0 Å². The fraction of sp³-hybridized carbons (Fsp3) is 0.550. The molecule has 0 saturated carbocycles. The zero-order chi connectivity index (χ0) is 21.3. The Morgan fingerprint density at radius 2 is 1.81 bits per heavy atom. The molecule has 2 atom stereocenters. The summed E-state index contributed by atoms with van der Waals surface area (Å²) in [7, 11) is 0. The van der Waals surface area contributed by atoms with Gasteiger partial charge in [-0.05, 0) is 45.7 Å². The van der Waals surface area contributed by atoms with Crippen LogP contribution in [0.2, 0.25) is 0 Å². The molecule has 0 radical (unpaired) electrons. The molecule has 27 heavy (non-hydrogen) atoms. The van der Waals surface area contributed by atoms with Crippen LogP contribution in [0.15, 0.2) is 30.3 Å². The number of hydrogen-bond acceptors (Lipinski definition) is 5. The topological polar surface area (TPSA) is 110 Å². The SMILES string of the molecule is [2H]C(N)CCCCC(=O)N(C(=O)OC(C)(C)C)[C@@H](Cc1ccccc1)C(=O)O. The lowest BCUT2D eigenvalue weighted by molar-refractivity contribution is -0.149. The second-order valence-electron chi connectivity index (χ2n) is 7.27. The van der Waals surface area contributed by atoms with E-state index in [2.05, 4.69) is 0 Å². The van der Waals surface area contributed by atoms with Crippen LogP contribution in [0.3, 0.4) is 0 Å². The van der Waals surface area contributed by atoms with Gasteiger partial charge in [-0.1, -0.05) is 36.8 Å². The Morgan fingerprint density at radius 1 is 1.19 bits per heavy atom. The number of ether oxygens (including phenoxy) is 1. The summed E-state index contributed by atoms with van der Waals surface area (Å²) in [5, 5.41) is 9.70. The van der Waals surface area contributed by atoms with Crippen molar-refractivity contribution in [1.82, 2.24) is 4.90 Å². The van der Waals surface area contributed by atoms with E-state index in [4.69, 9.17) is 11.8 Å². The third-order valence-corrected chi connectivity index (χ3v) is 3.74. The van der Waals surface area contributed by atoms with Crippen LogP contribution in [-0.4, -0.2) is 46.1 Å². The summed E-state index contributed by atoms with van der Waals surface area (Å²) in [5.74, 6) is -1.90. The third-order valence-electron chi connectivity index (χ3n) is 3.74. The van der Waals surface area contributed by atoms with E-state index in [0.29, 0.717) is 29.7 Å². The van der Waals surface area contributed by atoms with Crippen molar-refractivity contribution in [3.63, 3.8) is 0 Å². The minimum Gasteiger partial charge on any atom is -0.480 e. The van der Waals surface area contributed by atoms with E-state index in [1.54, 1.807) is 51.1 Å². The van der Waals surface area contributed by atoms with Crippen molar-refractivity contribution in [3.05, 3.63) is 35.9 Å². The average Bonchev–Trinajstić information content (AvgIpc) is 2.57. The molecule has 3 N–H and O–H groups in total. The zero-order valence-corrected chi connectivity index (χ0v) is 16.2. The Bertz CT molecular complexity index is 658. The number of aliphatic carboxylic acids is 1. The molecular formula is C20H30N2O5. The highest BCUT2D eigenvalue weighted by molar-refractivity contribution is 5.96. The van der Waals surface area contributed by atoms with Gasteiger partial charge < -0.3 is 15.6 Å². The summed E-state index contributed by atoms with van der Waals surface area (Å²) < 4.78 is 12.6. The van der Waals surface area contributed by atoms with Gasteiger partial charge in [0.15, 0.2) is 0 Å². The Balaban J connectivity index is 3.02. The van der Waals surface area contributed by atoms with Gasteiger partial charge >= 0.3 is 12.1 Å². The van der Waals surface area contributed by atoms with Gasteiger partial charge in [-0.2, -0.15) is 0 Å². The van der Waals surface area contributed by atoms with E-state index in [1.807, 2.05) is 0 Å². The molecule has 0 fully saturated rings. The van der Waals surface area contributed by atoms with Gasteiger partial charge in [-0.3, -0.25) is 4.79 Å². The molecule has 0 heterocycles. The van der Waals surface area contributed by atoms with Gasteiger partial charge in [0.2, 0.25) is 5.91 Å². The molecule has 7 heteroatoms. The minimum absolute atomic E-state index is 0.0151. The number of carbonyl (C=O) groups excluding carboxylic acids is 2. The molecule has 0 aliphatic carbocycles. The first kappa shape index (κ1) is 20.9. The van der Waals surface area contributed by atoms with E-state index < -0.39 is 36.1 Å². The highest BCUT2D eigenvalue weighted by Gasteiger charge is 2.37. The van der Waals surface area contributed by atoms with E-state index in [0.717, 1.165) is 0 Å². The van der Waals surface area contributed by atoms with Gasteiger partial charge in [0.05, 0.1) is 0 Å². The number of benzene rings is 1. The van der Waals surface area contributed by atoms with Crippen molar-refractivity contribution in [2.45, 2.75) is 64.5 Å². The maximum atomic E-state index is 12.7. The molecule has 2 amide bonds. The second-order valence-corrected chi connectivity index (χ2v) is 7.27. The molecule has 0 aromatic heterocycles. The first-order valence-corrected chi connectivity index (χ1v) is 9.01.